The monoisotopic (exact) mass is 567 g/mol. The molecule has 14 nitrogen and oxygen atoms in total. The highest BCUT2D eigenvalue weighted by atomic mass is 31.2. The zero-order chi connectivity index (χ0) is 28.5. The van der Waals surface area contributed by atoms with Crippen molar-refractivity contribution in [3.63, 3.8) is 0 Å². The average molecular weight is 567 g/mol. The van der Waals surface area contributed by atoms with Crippen molar-refractivity contribution in [3.05, 3.63) is 71.8 Å². The van der Waals surface area contributed by atoms with Gasteiger partial charge in [0, 0.05) is 7.05 Å². The first-order chi connectivity index (χ1) is 18.7. The summed E-state index contributed by atoms with van der Waals surface area (Å²) in [6, 6.07) is 17.8. The fourth-order valence-electron chi connectivity index (χ4n) is 2.65. The van der Waals surface area contributed by atoms with E-state index in [4.69, 9.17) is 38.8 Å². The second-order valence-electron chi connectivity index (χ2n) is 7.59. The summed E-state index contributed by atoms with van der Waals surface area (Å²) >= 11 is 0. The van der Waals surface area contributed by atoms with Crippen molar-refractivity contribution in [2.24, 2.45) is 10.5 Å². The van der Waals surface area contributed by atoms with E-state index in [0.29, 0.717) is 0 Å². The number of hydrogen-bond donors (Lipinski definition) is 2. The molecule has 2 aromatic rings. The number of guanidine groups is 1. The van der Waals surface area contributed by atoms with Crippen LogP contribution in [0.15, 0.2) is 65.4 Å². The molecule has 0 aliphatic rings. The van der Waals surface area contributed by atoms with E-state index in [9.17, 15) is 18.9 Å². The van der Waals surface area contributed by atoms with Crippen LogP contribution in [0, 0.1) is 0 Å². The maximum atomic E-state index is 13.1. The third-order valence-corrected chi connectivity index (χ3v) is 5.97. The number of benzene rings is 2. The van der Waals surface area contributed by atoms with Gasteiger partial charge in [0.2, 0.25) is 5.96 Å². The van der Waals surface area contributed by atoms with Crippen LogP contribution in [0.3, 0.4) is 0 Å². The molecule has 15 heteroatoms. The third kappa shape index (κ3) is 13.3. The maximum absolute atomic E-state index is 13.1. The largest absolute Gasteiger partial charge is 0.508 e. The number of aliphatic carboxylic acids is 1. The summed E-state index contributed by atoms with van der Waals surface area (Å²) < 4.78 is 46.8. The van der Waals surface area contributed by atoms with Gasteiger partial charge in [-0.2, -0.15) is 0 Å². The van der Waals surface area contributed by atoms with Crippen LogP contribution in [0.2, 0.25) is 0 Å². The molecule has 39 heavy (non-hydrogen) atoms. The SMILES string of the molecule is CN(CC(=O)O)/C(N)=N/P(=O)(OCCOC(=O)OCc1ccccc1)OCCOC(=O)OCc1ccccc1. The molecular formula is C24H30N3O11P. The van der Waals surface area contributed by atoms with Gasteiger partial charge in [-0.05, 0) is 11.1 Å². The first-order valence-corrected chi connectivity index (χ1v) is 13.0. The van der Waals surface area contributed by atoms with Gasteiger partial charge in [-0.3, -0.25) is 13.8 Å². The van der Waals surface area contributed by atoms with E-state index in [1.165, 1.54) is 7.05 Å². The van der Waals surface area contributed by atoms with Crippen molar-refractivity contribution in [1.82, 2.24) is 4.90 Å². The van der Waals surface area contributed by atoms with Crippen LogP contribution in [0.5, 0.6) is 0 Å². The molecule has 2 rings (SSSR count). The zero-order valence-corrected chi connectivity index (χ0v) is 22.1. The fraction of sp³-hybridized carbons (Fsp3) is 0.333. The minimum Gasteiger partial charge on any atom is -0.480 e. The molecule has 0 unspecified atom stereocenters. The molecule has 0 spiro atoms. The molecule has 0 atom stereocenters. The number of hydrogen-bond acceptors (Lipinski definition) is 10. The molecule has 0 heterocycles. The molecule has 0 fully saturated rings. The summed E-state index contributed by atoms with van der Waals surface area (Å²) in [6.45, 7) is -2.16. The number of carbonyl (C=O) groups is 3. The van der Waals surface area contributed by atoms with Gasteiger partial charge in [0.25, 0.3) is 0 Å². The molecule has 0 saturated carbocycles. The highest BCUT2D eigenvalue weighted by Gasteiger charge is 2.27. The van der Waals surface area contributed by atoms with E-state index in [2.05, 4.69) is 4.76 Å². The lowest BCUT2D eigenvalue weighted by atomic mass is 10.2. The minimum absolute atomic E-state index is 0.00729. The quantitative estimate of drug-likeness (QED) is 0.105. The first kappa shape index (κ1) is 31.1. The van der Waals surface area contributed by atoms with Gasteiger partial charge in [0.05, 0.1) is 13.2 Å². The van der Waals surface area contributed by atoms with Crippen LogP contribution in [-0.4, -0.2) is 74.3 Å². The smallest absolute Gasteiger partial charge is 0.480 e. The Labute approximate surface area is 224 Å². The van der Waals surface area contributed by atoms with Crippen molar-refractivity contribution in [3.8, 4) is 0 Å². The maximum Gasteiger partial charge on any atom is 0.508 e. The van der Waals surface area contributed by atoms with Gasteiger partial charge in [-0.1, -0.05) is 60.7 Å². The number of carboxylic acid groups (broad SMARTS) is 1. The van der Waals surface area contributed by atoms with Crippen molar-refractivity contribution >= 4 is 32.0 Å². The van der Waals surface area contributed by atoms with E-state index in [1.54, 1.807) is 48.5 Å². The van der Waals surface area contributed by atoms with Crippen LogP contribution in [0.25, 0.3) is 0 Å². The number of nitrogens with two attached hydrogens (primary N) is 1. The summed E-state index contributed by atoms with van der Waals surface area (Å²) in [6.07, 6.45) is -1.96. The van der Waals surface area contributed by atoms with Gasteiger partial charge in [0.15, 0.2) is 0 Å². The highest BCUT2D eigenvalue weighted by Crippen LogP contribution is 2.49. The summed E-state index contributed by atoms with van der Waals surface area (Å²) in [4.78, 5) is 35.4. The number of ether oxygens (including phenoxy) is 4. The zero-order valence-electron chi connectivity index (χ0n) is 21.2. The molecule has 0 aliphatic heterocycles. The normalized spacial score (nSPS) is 11.4. The highest BCUT2D eigenvalue weighted by molar-refractivity contribution is 7.52. The Morgan fingerprint density at radius 2 is 1.23 bits per heavy atom. The van der Waals surface area contributed by atoms with Crippen LogP contribution in [0.4, 0.5) is 9.59 Å². The lowest BCUT2D eigenvalue weighted by Crippen LogP contribution is -2.37. The molecule has 3 N–H and O–H groups in total. The van der Waals surface area contributed by atoms with Crippen molar-refractivity contribution in [2.45, 2.75) is 13.2 Å². The number of nitrogens with zero attached hydrogens (tertiary/aromatic N) is 2. The molecule has 0 bridgehead atoms. The van der Waals surface area contributed by atoms with E-state index in [1.807, 2.05) is 12.1 Å². The molecule has 0 amide bonds. The molecule has 212 valence electrons. The van der Waals surface area contributed by atoms with Crippen molar-refractivity contribution < 1.29 is 52.1 Å². The molecular weight excluding hydrogens is 537 g/mol. The van der Waals surface area contributed by atoms with Gasteiger partial charge >= 0.3 is 26.0 Å². The van der Waals surface area contributed by atoms with Crippen LogP contribution >= 0.6 is 7.75 Å². The molecule has 0 aromatic heterocycles. The Morgan fingerprint density at radius 1 is 0.795 bits per heavy atom. The van der Waals surface area contributed by atoms with Gasteiger partial charge in [-0.15, -0.1) is 4.76 Å². The summed E-state index contributed by atoms with van der Waals surface area (Å²) in [7, 11) is -3.05. The Morgan fingerprint density at radius 3 is 1.64 bits per heavy atom. The van der Waals surface area contributed by atoms with Crippen LogP contribution in [0.1, 0.15) is 11.1 Å². The predicted molar refractivity (Wildman–Crippen MR) is 137 cm³/mol. The number of carbonyl (C=O) groups excluding carboxylic acids is 2. The van der Waals surface area contributed by atoms with Gasteiger partial charge in [0.1, 0.15) is 33.0 Å². The van der Waals surface area contributed by atoms with Gasteiger partial charge < -0.3 is 34.7 Å². The second-order valence-corrected chi connectivity index (χ2v) is 9.24. The van der Waals surface area contributed by atoms with Crippen molar-refractivity contribution in [1.29, 1.82) is 0 Å². The second kappa shape index (κ2) is 16.7. The van der Waals surface area contributed by atoms with Gasteiger partial charge in [-0.25, -0.2) is 14.2 Å². The summed E-state index contributed by atoms with van der Waals surface area (Å²) in [5, 5.41) is 8.91. The number of carboxylic acids is 1. The lowest BCUT2D eigenvalue weighted by Gasteiger charge is -2.19. The third-order valence-electron chi connectivity index (χ3n) is 4.50. The van der Waals surface area contributed by atoms with E-state index in [0.717, 1.165) is 16.0 Å². The Hall–Kier alpha value is -4.13. The van der Waals surface area contributed by atoms with E-state index < -0.39 is 51.7 Å². The van der Waals surface area contributed by atoms with Crippen molar-refractivity contribution in [2.75, 3.05) is 40.0 Å². The first-order valence-electron chi connectivity index (χ1n) is 11.5. The molecule has 0 radical (unpaired) electrons. The Bertz CT molecular complexity index is 1070. The summed E-state index contributed by atoms with van der Waals surface area (Å²) in [5.41, 5.74) is 7.23. The summed E-state index contributed by atoms with van der Waals surface area (Å²) in [5.74, 6) is -1.66. The van der Waals surface area contributed by atoms with E-state index >= 15 is 0 Å². The number of rotatable bonds is 15. The van der Waals surface area contributed by atoms with Crippen LogP contribution in [-0.2, 0) is 50.6 Å². The minimum atomic E-state index is -4.35. The topological polar surface area (TPSA) is 186 Å². The lowest BCUT2D eigenvalue weighted by molar-refractivity contribution is -0.137. The predicted octanol–water partition coefficient (Wildman–Crippen LogP) is 3.17. The number of likely N-dealkylation sites (N-methyl/N-ethyl adjacent to an activating group) is 1. The standard InChI is InChI=1S/C24H30N3O11P/c1-27(16-21(28)29)22(25)26-39(32,37-14-12-33-23(30)35-17-19-8-4-2-5-9-19)38-15-13-34-24(31)36-18-20-10-6-3-7-11-20/h2-11H,12-18H2,1H3,(H,28,29)(H2,25,26,32). The fourth-order valence-corrected chi connectivity index (χ4v) is 3.86. The Kier molecular flexibility index (Phi) is 13.3. The average Bonchev–Trinajstić information content (AvgIpc) is 2.92. The Balaban J connectivity index is 1.83. The molecule has 0 saturated heterocycles. The molecule has 0 aliphatic carbocycles. The molecule has 2 aromatic carbocycles. The van der Waals surface area contributed by atoms with Crippen LogP contribution < -0.4 is 5.73 Å². The van der Waals surface area contributed by atoms with E-state index in [-0.39, 0.29) is 26.4 Å².